The first-order chi connectivity index (χ1) is 11.6. The Morgan fingerprint density at radius 1 is 1.25 bits per heavy atom. The maximum absolute atomic E-state index is 12.9. The van der Waals surface area contributed by atoms with Crippen LogP contribution in [0.2, 0.25) is 5.02 Å². The van der Waals surface area contributed by atoms with Gasteiger partial charge in [0.2, 0.25) is 0 Å². The number of thiazole rings is 1. The third-order valence-corrected chi connectivity index (χ3v) is 4.05. The van der Waals surface area contributed by atoms with Gasteiger partial charge in [0.05, 0.1) is 5.69 Å². The van der Waals surface area contributed by atoms with E-state index in [9.17, 15) is 9.18 Å². The molecule has 1 aromatic heterocycles. The van der Waals surface area contributed by atoms with E-state index in [0.717, 1.165) is 5.56 Å². The first-order valence-corrected chi connectivity index (χ1v) is 8.25. The second-order valence-corrected chi connectivity index (χ2v) is 6.13. The second kappa shape index (κ2) is 7.42. The van der Waals surface area contributed by atoms with Crippen molar-refractivity contribution in [2.24, 2.45) is 0 Å². The monoisotopic (exact) mass is 362 g/mol. The second-order valence-electron chi connectivity index (χ2n) is 4.84. The van der Waals surface area contributed by atoms with Crippen LogP contribution in [-0.2, 0) is 4.79 Å². The van der Waals surface area contributed by atoms with Gasteiger partial charge in [0.1, 0.15) is 11.6 Å². The van der Waals surface area contributed by atoms with Crippen molar-refractivity contribution in [1.82, 2.24) is 4.98 Å². The van der Waals surface area contributed by atoms with Crippen molar-refractivity contribution in [3.8, 4) is 17.0 Å². The number of ether oxygens (including phenoxy) is 1. The number of benzene rings is 2. The number of carbonyl (C=O) groups is 1. The van der Waals surface area contributed by atoms with Gasteiger partial charge in [0, 0.05) is 16.0 Å². The van der Waals surface area contributed by atoms with Gasteiger partial charge < -0.3 is 4.74 Å². The van der Waals surface area contributed by atoms with E-state index in [1.54, 1.807) is 41.8 Å². The van der Waals surface area contributed by atoms with Crippen molar-refractivity contribution in [2.45, 2.75) is 0 Å². The van der Waals surface area contributed by atoms with Crippen LogP contribution in [0, 0.1) is 5.82 Å². The SMILES string of the molecule is O=C(COc1cccc(Cl)c1)Nc1nc(-c2ccc(F)cc2)cs1. The molecule has 2 aromatic carbocycles. The van der Waals surface area contributed by atoms with Gasteiger partial charge in [-0.15, -0.1) is 11.3 Å². The van der Waals surface area contributed by atoms with E-state index in [1.165, 1.54) is 23.5 Å². The molecular formula is C17H12ClFN2O2S. The number of nitrogens with zero attached hydrogens (tertiary/aromatic N) is 1. The first kappa shape index (κ1) is 16.4. The number of rotatable bonds is 5. The largest absolute Gasteiger partial charge is 0.484 e. The van der Waals surface area contributed by atoms with Crippen LogP contribution >= 0.6 is 22.9 Å². The molecule has 0 saturated heterocycles. The standard InChI is InChI=1S/C17H12ClFN2O2S/c18-12-2-1-3-14(8-12)23-9-16(22)21-17-20-15(10-24-17)11-4-6-13(19)7-5-11/h1-8,10H,9H2,(H,20,21,22). The van der Waals surface area contributed by atoms with Crippen LogP contribution in [0.25, 0.3) is 11.3 Å². The number of hydrogen-bond acceptors (Lipinski definition) is 4. The minimum atomic E-state index is -0.324. The van der Waals surface area contributed by atoms with Crippen LogP contribution in [0.4, 0.5) is 9.52 Å². The number of nitrogens with one attached hydrogen (secondary N) is 1. The normalized spacial score (nSPS) is 10.4. The van der Waals surface area contributed by atoms with Gasteiger partial charge in [0.25, 0.3) is 5.91 Å². The zero-order chi connectivity index (χ0) is 16.9. The Bertz CT molecular complexity index is 852. The molecule has 0 spiro atoms. The highest BCUT2D eigenvalue weighted by Crippen LogP contribution is 2.25. The van der Waals surface area contributed by atoms with Crippen molar-refractivity contribution in [3.05, 3.63) is 64.8 Å². The quantitative estimate of drug-likeness (QED) is 0.720. The molecule has 0 saturated carbocycles. The van der Waals surface area contributed by atoms with E-state index in [4.69, 9.17) is 16.3 Å². The number of anilines is 1. The van der Waals surface area contributed by atoms with Crippen molar-refractivity contribution in [1.29, 1.82) is 0 Å². The Kier molecular flexibility index (Phi) is 5.08. The molecule has 0 atom stereocenters. The fourth-order valence-corrected chi connectivity index (χ4v) is 2.86. The number of aromatic nitrogens is 1. The Hall–Kier alpha value is -2.44. The van der Waals surface area contributed by atoms with Crippen molar-refractivity contribution in [3.63, 3.8) is 0 Å². The maximum Gasteiger partial charge on any atom is 0.264 e. The van der Waals surface area contributed by atoms with Crippen LogP contribution in [0.1, 0.15) is 0 Å². The number of carbonyl (C=O) groups excluding carboxylic acids is 1. The lowest BCUT2D eigenvalue weighted by molar-refractivity contribution is -0.118. The smallest absolute Gasteiger partial charge is 0.264 e. The fraction of sp³-hybridized carbons (Fsp3) is 0.0588. The molecule has 0 aliphatic heterocycles. The van der Waals surface area contributed by atoms with E-state index < -0.39 is 0 Å². The molecule has 0 radical (unpaired) electrons. The summed E-state index contributed by atoms with van der Waals surface area (Å²) in [6.07, 6.45) is 0. The molecule has 7 heteroatoms. The Balaban J connectivity index is 1.58. The highest BCUT2D eigenvalue weighted by atomic mass is 35.5. The molecule has 0 bridgehead atoms. The molecule has 3 rings (SSSR count). The topological polar surface area (TPSA) is 51.2 Å². The first-order valence-electron chi connectivity index (χ1n) is 7.00. The molecule has 24 heavy (non-hydrogen) atoms. The fourth-order valence-electron chi connectivity index (χ4n) is 1.95. The Labute approximate surface area is 146 Å². The van der Waals surface area contributed by atoms with Crippen molar-refractivity contribution < 1.29 is 13.9 Å². The molecule has 0 aliphatic carbocycles. The predicted molar refractivity (Wildman–Crippen MR) is 93.1 cm³/mol. The van der Waals surface area contributed by atoms with Crippen LogP contribution < -0.4 is 10.1 Å². The predicted octanol–water partition coefficient (Wildman–Crippen LogP) is 4.62. The lowest BCUT2D eigenvalue weighted by Crippen LogP contribution is -2.20. The summed E-state index contributed by atoms with van der Waals surface area (Å²) in [4.78, 5) is 16.2. The Morgan fingerprint density at radius 2 is 2.04 bits per heavy atom. The molecule has 0 unspecified atom stereocenters. The summed E-state index contributed by atoms with van der Waals surface area (Å²) in [6, 6.07) is 12.8. The minimum Gasteiger partial charge on any atom is -0.484 e. The molecule has 0 aliphatic rings. The molecule has 4 nitrogen and oxygen atoms in total. The summed E-state index contributed by atoms with van der Waals surface area (Å²) in [7, 11) is 0. The maximum atomic E-state index is 12.9. The van der Waals surface area contributed by atoms with E-state index in [2.05, 4.69) is 10.3 Å². The highest BCUT2D eigenvalue weighted by Gasteiger charge is 2.09. The summed E-state index contributed by atoms with van der Waals surface area (Å²) < 4.78 is 18.3. The summed E-state index contributed by atoms with van der Waals surface area (Å²) in [5, 5.41) is 5.45. The molecule has 1 amide bonds. The van der Waals surface area contributed by atoms with Gasteiger partial charge >= 0.3 is 0 Å². The molecule has 3 aromatic rings. The summed E-state index contributed by atoms with van der Waals surface area (Å²) in [5.41, 5.74) is 1.45. The molecule has 122 valence electrons. The molecule has 1 heterocycles. The lowest BCUT2D eigenvalue weighted by Gasteiger charge is -2.05. The van der Waals surface area contributed by atoms with Gasteiger partial charge in [-0.2, -0.15) is 0 Å². The number of amides is 1. The van der Waals surface area contributed by atoms with E-state index in [0.29, 0.717) is 21.6 Å². The van der Waals surface area contributed by atoms with Gasteiger partial charge in [-0.25, -0.2) is 9.37 Å². The van der Waals surface area contributed by atoms with E-state index in [1.807, 2.05) is 0 Å². The van der Waals surface area contributed by atoms with Gasteiger partial charge in [-0.3, -0.25) is 10.1 Å². The van der Waals surface area contributed by atoms with Crippen LogP contribution in [0.3, 0.4) is 0 Å². The average molecular weight is 363 g/mol. The van der Waals surface area contributed by atoms with Crippen LogP contribution in [-0.4, -0.2) is 17.5 Å². The van der Waals surface area contributed by atoms with E-state index >= 15 is 0 Å². The highest BCUT2D eigenvalue weighted by molar-refractivity contribution is 7.14. The zero-order valence-corrected chi connectivity index (χ0v) is 13.9. The molecular weight excluding hydrogens is 351 g/mol. The lowest BCUT2D eigenvalue weighted by atomic mass is 10.2. The summed E-state index contributed by atoms with van der Waals surface area (Å²) >= 11 is 7.14. The zero-order valence-electron chi connectivity index (χ0n) is 12.3. The Morgan fingerprint density at radius 3 is 2.79 bits per heavy atom. The average Bonchev–Trinajstić information content (AvgIpc) is 3.02. The van der Waals surface area contributed by atoms with Gasteiger partial charge in [-0.1, -0.05) is 17.7 Å². The van der Waals surface area contributed by atoms with Gasteiger partial charge in [0.15, 0.2) is 11.7 Å². The minimum absolute atomic E-state index is 0.147. The molecule has 1 N–H and O–H groups in total. The van der Waals surface area contributed by atoms with Crippen LogP contribution in [0.5, 0.6) is 5.75 Å². The molecule has 0 fully saturated rings. The van der Waals surface area contributed by atoms with E-state index in [-0.39, 0.29) is 18.3 Å². The third-order valence-electron chi connectivity index (χ3n) is 3.06. The van der Waals surface area contributed by atoms with Crippen molar-refractivity contribution in [2.75, 3.05) is 11.9 Å². The van der Waals surface area contributed by atoms with Crippen molar-refractivity contribution >= 4 is 34.0 Å². The summed E-state index contributed by atoms with van der Waals surface area (Å²) in [5.74, 6) is -0.112. The third kappa shape index (κ3) is 4.31. The number of halogens is 2. The van der Waals surface area contributed by atoms with Gasteiger partial charge in [-0.05, 0) is 42.5 Å². The number of hydrogen-bond donors (Lipinski definition) is 1. The summed E-state index contributed by atoms with van der Waals surface area (Å²) in [6.45, 7) is -0.147. The van der Waals surface area contributed by atoms with Crippen LogP contribution in [0.15, 0.2) is 53.9 Å².